The van der Waals surface area contributed by atoms with Crippen molar-refractivity contribution in [2.24, 2.45) is 5.73 Å². The van der Waals surface area contributed by atoms with E-state index in [1.807, 2.05) is 0 Å². The minimum atomic E-state index is -0.426. The fourth-order valence-electron chi connectivity index (χ4n) is 1.28. The zero-order chi connectivity index (χ0) is 10.1. The first-order valence-corrected chi connectivity index (χ1v) is 5.40. The topological polar surface area (TPSA) is 72.0 Å². The quantitative estimate of drug-likeness (QED) is 0.851. The van der Waals surface area contributed by atoms with Crippen molar-refractivity contribution in [1.29, 1.82) is 0 Å². The van der Waals surface area contributed by atoms with E-state index >= 15 is 0 Å². The maximum atomic E-state index is 8.95. The third-order valence-electron chi connectivity index (χ3n) is 2.28. The Morgan fingerprint density at radius 1 is 1.64 bits per heavy atom. The number of hydrogen-bond donors (Lipinski definition) is 2. The molecule has 5 heteroatoms. The summed E-state index contributed by atoms with van der Waals surface area (Å²) in [5.74, 6) is 1.36. The molecular weight excluding hydrogens is 246 g/mol. The summed E-state index contributed by atoms with van der Waals surface area (Å²) in [4.78, 5) is 8.58. The fourth-order valence-corrected chi connectivity index (χ4v) is 1.76. The Labute approximate surface area is 90.7 Å². The molecule has 0 aliphatic heterocycles. The van der Waals surface area contributed by atoms with E-state index in [2.05, 4.69) is 25.9 Å². The van der Waals surface area contributed by atoms with Crippen LogP contribution in [-0.2, 0) is 0 Å². The molecule has 1 fully saturated rings. The molecule has 1 heterocycles. The van der Waals surface area contributed by atoms with Crippen LogP contribution in [0.2, 0.25) is 0 Å². The largest absolute Gasteiger partial charge is 0.394 e. The molecule has 3 N–H and O–H groups in total. The molecule has 1 aromatic rings. The van der Waals surface area contributed by atoms with Gasteiger partial charge in [0.2, 0.25) is 0 Å². The number of halogens is 1. The number of nitrogens with two attached hydrogens (primary N) is 1. The Kier molecular flexibility index (Phi) is 2.80. The van der Waals surface area contributed by atoms with Crippen LogP contribution in [0.25, 0.3) is 0 Å². The lowest BCUT2D eigenvalue weighted by Gasteiger charge is -2.10. The average Bonchev–Trinajstić information content (AvgIpc) is 3.01. The van der Waals surface area contributed by atoms with E-state index in [0.29, 0.717) is 11.6 Å². The molecule has 1 aliphatic rings. The minimum absolute atomic E-state index is 0.0975. The van der Waals surface area contributed by atoms with Gasteiger partial charge in [0.05, 0.1) is 22.8 Å². The molecule has 0 saturated heterocycles. The van der Waals surface area contributed by atoms with Gasteiger partial charge in [0.15, 0.2) is 0 Å². The Hall–Kier alpha value is -0.520. The summed E-state index contributed by atoms with van der Waals surface area (Å²) >= 11 is 3.33. The third-order valence-corrected chi connectivity index (χ3v) is 2.89. The number of hydrogen-bond acceptors (Lipinski definition) is 4. The lowest BCUT2D eigenvalue weighted by molar-refractivity contribution is 0.265. The van der Waals surface area contributed by atoms with E-state index in [4.69, 9.17) is 10.8 Å². The Balaban J connectivity index is 2.31. The van der Waals surface area contributed by atoms with Crippen LogP contribution in [0.5, 0.6) is 0 Å². The summed E-state index contributed by atoms with van der Waals surface area (Å²) < 4.78 is 0.767. The number of aromatic nitrogens is 2. The van der Waals surface area contributed by atoms with Crippen molar-refractivity contribution < 1.29 is 5.11 Å². The minimum Gasteiger partial charge on any atom is -0.394 e. The van der Waals surface area contributed by atoms with E-state index in [1.165, 1.54) is 0 Å². The summed E-state index contributed by atoms with van der Waals surface area (Å²) in [6, 6.07) is -0.426. The summed E-state index contributed by atoms with van der Waals surface area (Å²) in [6.07, 6.45) is 4.04. The highest BCUT2D eigenvalue weighted by Gasteiger charge is 2.27. The Bertz CT molecular complexity index is 341. The van der Waals surface area contributed by atoms with Crippen molar-refractivity contribution in [1.82, 2.24) is 9.97 Å². The highest BCUT2D eigenvalue weighted by Crippen LogP contribution is 2.38. The van der Waals surface area contributed by atoms with Crippen LogP contribution in [0.3, 0.4) is 0 Å². The molecule has 0 unspecified atom stereocenters. The second kappa shape index (κ2) is 3.92. The summed E-state index contributed by atoms with van der Waals surface area (Å²) in [5.41, 5.74) is 6.41. The monoisotopic (exact) mass is 257 g/mol. The van der Waals surface area contributed by atoms with Gasteiger partial charge in [-0.15, -0.1) is 0 Å². The standard InChI is InChI=1S/C9H12BrN3O/c10-6-3-12-9(5-1-2-5)13-8(6)7(11)4-14/h3,5,7,14H,1-2,4,11H2/t7-/m0/s1. The number of aliphatic hydroxyl groups is 1. The highest BCUT2D eigenvalue weighted by molar-refractivity contribution is 9.10. The molecule has 0 radical (unpaired) electrons. The number of nitrogens with zero attached hydrogens (tertiary/aromatic N) is 2. The van der Waals surface area contributed by atoms with Gasteiger partial charge in [-0.2, -0.15) is 0 Å². The predicted octanol–water partition coefficient (Wildman–Crippen LogP) is 1.11. The molecule has 0 spiro atoms. The van der Waals surface area contributed by atoms with Crippen LogP contribution >= 0.6 is 15.9 Å². The second-order valence-electron chi connectivity index (χ2n) is 3.52. The van der Waals surface area contributed by atoms with Crippen LogP contribution in [0.15, 0.2) is 10.7 Å². The molecule has 1 saturated carbocycles. The van der Waals surface area contributed by atoms with Crippen LogP contribution in [0.1, 0.15) is 36.3 Å². The first kappa shape index (κ1) is 10.0. The third kappa shape index (κ3) is 1.94. The van der Waals surface area contributed by atoms with E-state index in [1.54, 1.807) is 6.20 Å². The summed E-state index contributed by atoms with van der Waals surface area (Å²) in [6.45, 7) is -0.0975. The van der Waals surface area contributed by atoms with E-state index in [0.717, 1.165) is 23.1 Å². The average molecular weight is 258 g/mol. The van der Waals surface area contributed by atoms with Crippen molar-refractivity contribution in [2.45, 2.75) is 24.8 Å². The Morgan fingerprint density at radius 3 is 2.93 bits per heavy atom. The maximum absolute atomic E-state index is 8.95. The molecule has 1 aromatic heterocycles. The van der Waals surface area contributed by atoms with Gasteiger partial charge in [-0.25, -0.2) is 9.97 Å². The first-order valence-electron chi connectivity index (χ1n) is 4.61. The molecule has 0 bridgehead atoms. The van der Waals surface area contributed by atoms with Gasteiger partial charge in [0, 0.05) is 12.1 Å². The normalized spacial score (nSPS) is 18.2. The molecule has 0 amide bonds. The van der Waals surface area contributed by atoms with Crippen molar-refractivity contribution in [3.05, 3.63) is 22.2 Å². The number of rotatable bonds is 3. The fraction of sp³-hybridized carbons (Fsp3) is 0.556. The second-order valence-corrected chi connectivity index (χ2v) is 4.38. The van der Waals surface area contributed by atoms with Crippen LogP contribution in [-0.4, -0.2) is 21.7 Å². The molecule has 76 valence electrons. The maximum Gasteiger partial charge on any atom is 0.131 e. The molecular formula is C9H12BrN3O. The van der Waals surface area contributed by atoms with E-state index < -0.39 is 6.04 Å². The van der Waals surface area contributed by atoms with Crippen LogP contribution in [0.4, 0.5) is 0 Å². The SMILES string of the molecule is N[C@@H](CO)c1nc(C2CC2)ncc1Br. The van der Waals surface area contributed by atoms with Crippen LogP contribution in [0, 0.1) is 0 Å². The highest BCUT2D eigenvalue weighted by atomic mass is 79.9. The van der Waals surface area contributed by atoms with Gasteiger partial charge >= 0.3 is 0 Å². The molecule has 1 aliphatic carbocycles. The first-order chi connectivity index (χ1) is 6.72. The van der Waals surface area contributed by atoms with Crippen molar-refractivity contribution >= 4 is 15.9 Å². The predicted molar refractivity (Wildman–Crippen MR) is 55.7 cm³/mol. The zero-order valence-corrected chi connectivity index (χ0v) is 9.24. The molecule has 14 heavy (non-hydrogen) atoms. The lowest BCUT2D eigenvalue weighted by Crippen LogP contribution is -2.17. The summed E-state index contributed by atoms with van der Waals surface area (Å²) in [7, 11) is 0. The molecule has 0 aromatic carbocycles. The number of aliphatic hydroxyl groups excluding tert-OH is 1. The summed E-state index contributed by atoms with van der Waals surface area (Å²) in [5, 5.41) is 8.95. The van der Waals surface area contributed by atoms with Gasteiger partial charge in [0.25, 0.3) is 0 Å². The van der Waals surface area contributed by atoms with Crippen molar-refractivity contribution in [2.75, 3.05) is 6.61 Å². The lowest BCUT2D eigenvalue weighted by atomic mass is 10.2. The smallest absolute Gasteiger partial charge is 0.131 e. The molecule has 4 nitrogen and oxygen atoms in total. The van der Waals surface area contributed by atoms with Crippen LogP contribution < -0.4 is 5.73 Å². The van der Waals surface area contributed by atoms with E-state index in [-0.39, 0.29) is 6.61 Å². The van der Waals surface area contributed by atoms with Crippen molar-refractivity contribution in [3.63, 3.8) is 0 Å². The molecule has 1 atom stereocenters. The molecule has 2 rings (SSSR count). The van der Waals surface area contributed by atoms with Gasteiger partial charge in [-0.05, 0) is 28.8 Å². The van der Waals surface area contributed by atoms with Gasteiger partial charge in [-0.3, -0.25) is 0 Å². The van der Waals surface area contributed by atoms with Gasteiger partial charge in [0.1, 0.15) is 5.82 Å². The zero-order valence-electron chi connectivity index (χ0n) is 7.65. The van der Waals surface area contributed by atoms with Gasteiger partial charge < -0.3 is 10.8 Å². The van der Waals surface area contributed by atoms with Gasteiger partial charge in [-0.1, -0.05) is 0 Å². The Morgan fingerprint density at radius 2 is 2.36 bits per heavy atom. The van der Waals surface area contributed by atoms with E-state index in [9.17, 15) is 0 Å². The van der Waals surface area contributed by atoms with Crippen molar-refractivity contribution in [3.8, 4) is 0 Å².